The van der Waals surface area contributed by atoms with Gasteiger partial charge in [0.1, 0.15) is 41.2 Å². The van der Waals surface area contributed by atoms with Gasteiger partial charge in [-0.25, -0.2) is 18.6 Å². The molecule has 3 heterocycles. The molecule has 2 aromatic heterocycles. The summed E-state index contributed by atoms with van der Waals surface area (Å²) in [5.41, 5.74) is 2.14. The monoisotopic (exact) mass is 678 g/mol. The zero-order valence-electron chi connectivity index (χ0n) is 28.9. The highest BCUT2D eigenvalue weighted by molar-refractivity contribution is 6.76. The highest BCUT2D eigenvalue weighted by Crippen LogP contribution is 2.39. The third-order valence-electron chi connectivity index (χ3n) is 8.25. The lowest BCUT2D eigenvalue weighted by Gasteiger charge is -2.33. The lowest BCUT2D eigenvalue weighted by molar-refractivity contribution is 0.0165. The molecule has 5 rings (SSSR count). The van der Waals surface area contributed by atoms with E-state index < -0.39 is 25.3 Å². The molecule has 0 aliphatic carbocycles. The van der Waals surface area contributed by atoms with Gasteiger partial charge in [-0.3, -0.25) is 0 Å². The van der Waals surface area contributed by atoms with Crippen molar-refractivity contribution in [2.45, 2.75) is 78.2 Å². The summed E-state index contributed by atoms with van der Waals surface area (Å²) in [5, 5.41) is 4.09. The quantitative estimate of drug-likeness (QED) is 0.119. The maximum Gasteiger partial charge on any atom is 0.410 e. The third kappa shape index (κ3) is 9.79. The molecule has 0 saturated carbocycles. The van der Waals surface area contributed by atoms with Crippen molar-refractivity contribution in [2.75, 3.05) is 31.6 Å². The number of fused-ring (bicyclic) bond motifs is 1. The molecule has 4 aromatic rings. The summed E-state index contributed by atoms with van der Waals surface area (Å²) < 4.78 is 49.2. The van der Waals surface area contributed by atoms with Crippen molar-refractivity contribution >= 4 is 31.0 Å². The number of carbonyl (C=O) groups excluding carboxylic acids is 1. The van der Waals surface area contributed by atoms with Crippen LogP contribution in [0.5, 0.6) is 5.75 Å². The van der Waals surface area contributed by atoms with E-state index in [0.717, 1.165) is 30.5 Å². The molecule has 0 atom stereocenters. The molecule has 1 saturated heterocycles. The normalized spacial score (nSPS) is 14.4. The first-order valence-corrected chi connectivity index (χ1v) is 20.4. The SMILES string of the molecule is CC(C)(C)OC(=O)N1CCC(COc2cc(NCc3ccccc3)nc3c2c(-c2cc(F)cc(F)c2)cn3COCC[Si](C)(C)C)CC1. The van der Waals surface area contributed by atoms with Gasteiger partial charge in [-0.15, -0.1) is 0 Å². The number of ether oxygens (including phenoxy) is 3. The van der Waals surface area contributed by atoms with Gasteiger partial charge in [-0.05, 0) is 68.8 Å². The van der Waals surface area contributed by atoms with Crippen LogP contribution in [0.1, 0.15) is 39.2 Å². The lowest BCUT2D eigenvalue weighted by Crippen LogP contribution is -2.42. The largest absolute Gasteiger partial charge is 0.492 e. The van der Waals surface area contributed by atoms with Gasteiger partial charge in [-0.1, -0.05) is 50.0 Å². The first kappa shape index (κ1) is 35.3. The van der Waals surface area contributed by atoms with Gasteiger partial charge in [0.2, 0.25) is 0 Å². The van der Waals surface area contributed by atoms with Crippen LogP contribution in [0, 0.1) is 17.6 Å². The average Bonchev–Trinajstić information content (AvgIpc) is 3.38. The summed E-state index contributed by atoms with van der Waals surface area (Å²) in [6.45, 7) is 15.5. The number of carbonyl (C=O) groups is 1. The van der Waals surface area contributed by atoms with Crippen LogP contribution < -0.4 is 10.1 Å². The van der Waals surface area contributed by atoms with Gasteiger partial charge >= 0.3 is 6.09 Å². The molecule has 11 heteroatoms. The fraction of sp³-hybridized carbons (Fsp3) is 0.459. The fourth-order valence-corrected chi connectivity index (χ4v) is 6.39. The average molecular weight is 679 g/mol. The molecular formula is C37H48F2N4O4Si. The molecule has 1 aliphatic heterocycles. The zero-order chi connectivity index (χ0) is 34.5. The Morgan fingerprint density at radius 2 is 1.71 bits per heavy atom. The van der Waals surface area contributed by atoms with Gasteiger partial charge in [-0.2, -0.15) is 0 Å². The summed E-state index contributed by atoms with van der Waals surface area (Å²) >= 11 is 0. The van der Waals surface area contributed by atoms with Crippen molar-refractivity contribution in [1.82, 2.24) is 14.5 Å². The van der Waals surface area contributed by atoms with Crippen molar-refractivity contribution < 1.29 is 27.8 Å². The number of piperidine rings is 1. The molecule has 1 amide bonds. The highest BCUT2D eigenvalue weighted by Gasteiger charge is 2.28. The van der Waals surface area contributed by atoms with E-state index in [4.69, 9.17) is 19.2 Å². The van der Waals surface area contributed by atoms with Crippen molar-refractivity contribution in [1.29, 1.82) is 0 Å². The summed E-state index contributed by atoms with van der Waals surface area (Å²) in [6, 6.07) is 16.4. The van der Waals surface area contributed by atoms with Crippen LogP contribution >= 0.6 is 0 Å². The Bertz CT molecular complexity index is 1670. The number of aromatic nitrogens is 2. The standard InChI is InChI=1S/C37H48F2N4O4Si/c1-37(2,3)47-36(44)42-14-12-27(13-15-42)24-46-32-21-33(40-22-26-10-8-7-9-11-26)41-35-34(32)31(28-18-29(38)20-30(39)19-28)23-43(35)25-45-16-17-48(4,5)6/h7-11,18-21,23,27H,12-17,22,24-25H2,1-6H3,(H,40,41). The first-order valence-electron chi connectivity index (χ1n) is 16.7. The van der Waals surface area contributed by atoms with E-state index in [1.54, 1.807) is 4.90 Å². The molecule has 258 valence electrons. The van der Waals surface area contributed by atoms with Gasteiger partial charge in [0.05, 0.1) is 12.0 Å². The summed E-state index contributed by atoms with van der Waals surface area (Å²) in [4.78, 5) is 19.3. The molecular weight excluding hydrogens is 631 g/mol. The number of pyridine rings is 1. The van der Waals surface area contributed by atoms with Crippen LogP contribution in [-0.4, -0.2) is 60.5 Å². The number of hydrogen-bond acceptors (Lipinski definition) is 6. The number of amides is 1. The van der Waals surface area contributed by atoms with Crippen LogP contribution in [0.4, 0.5) is 19.4 Å². The fourth-order valence-electron chi connectivity index (χ4n) is 5.63. The van der Waals surface area contributed by atoms with Gasteiger partial charge in [0, 0.05) is 58.2 Å². The Hall–Kier alpha value is -3.96. The molecule has 0 spiro atoms. The van der Waals surface area contributed by atoms with E-state index in [0.29, 0.717) is 66.6 Å². The molecule has 0 radical (unpaired) electrons. The van der Waals surface area contributed by atoms with Crippen molar-refractivity contribution in [3.8, 4) is 16.9 Å². The predicted octanol–water partition coefficient (Wildman–Crippen LogP) is 8.93. The van der Waals surface area contributed by atoms with Gasteiger partial charge in [0.25, 0.3) is 0 Å². The number of benzene rings is 2. The molecule has 1 N–H and O–H groups in total. The van der Waals surface area contributed by atoms with Crippen LogP contribution in [0.15, 0.2) is 60.8 Å². The summed E-state index contributed by atoms with van der Waals surface area (Å²) in [6.07, 6.45) is 3.07. The minimum absolute atomic E-state index is 0.203. The number of nitrogens with zero attached hydrogens (tertiary/aromatic N) is 3. The summed E-state index contributed by atoms with van der Waals surface area (Å²) in [5.74, 6) is 0.0519. The summed E-state index contributed by atoms with van der Waals surface area (Å²) in [7, 11) is -1.31. The van der Waals surface area contributed by atoms with Crippen LogP contribution in [0.3, 0.4) is 0 Å². The molecule has 1 aliphatic rings. The Labute approximate surface area is 283 Å². The zero-order valence-corrected chi connectivity index (χ0v) is 29.9. The second-order valence-electron chi connectivity index (χ2n) is 14.8. The Morgan fingerprint density at radius 3 is 2.35 bits per heavy atom. The van der Waals surface area contributed by atoms with Gasteiger partial charge in [0.15, 0.2) is 0 Å². The van der Waals surface area contributed by atoms with E-state index >= 15 is 0 Å². The van der Waals surface area contributed by atoms with Crippen LogP contribution in [0.2, 0.25) is 25.7 Å². The number of nitrogens with one attached hydrogen (secondary N) is 1. The maximum absolute atomic E-state index is 14.5. The van der Waals surface area contributed by atoms with Crippen LogP contribution in [-0.2, 0) is 22.7 Å². The molecule has 1 fully saturated rings. The smallest absolute Gasteiger partial charge is 0.410 e. The predicted molar refractivity (Wildman–Crippen MR) is 189 cm³/mol. The molecule has 48 heavy (non-hydrogen) atoms. The highest BCUT2D eigenvalue weighted by atomic mass is 28.3. The third-order valence-corrected chi connectivity index (χ3v) is 9.95. The molecule has 8 nitrogen and oxygen atoms in total. The Balaban J connectivity index is 1.46. The van der Waals surface area contributed by atoms with E-state index in [9.17, 15) is 13.6 Å². The number of halogens is 2. The van der Waals surface area contributed by atoms with E-state index in [1.165, 1.54) is 12.1 Å². The second kappa shape index (κ2) is 15.1. The topological polar surface area (TPSA) is 77.9 Å². The minimum atomic E-state index is -1.31. The minimum Gasteiger partial charge on any atom is -0.492 e. The van der Waals surface area contributed by atoms with Crippen molar-refractivity contribution in [3.63, 3.8) is 0 Å². The maximum atomic E-state index is 14.5. The molecule has 2 aromatic carbocycles. The molecule has 0 unspecified atom stereocenters. The molecule has 0 bridgehead atoms. The first-order chi connectivity index (χ1) is 22.7. The lowest BCUT2D eigenvalue weighted by atomic mass is 9.98. The number of anilines is 1. The number of likely N-dealkylation sites (tertiary alicyclic amines) is 1. The number of rotatable bonds is 12. The van der Waals surface area contributed by atoms with E-state index in [1.807, 2.05) is 67.9 Å². The van der Waals surface area contributed by atoms with E-state index in [2.05, 4.69) is 25.0 Å². The van der Waals surface area contributed by atoms with Crippen LogP contribution in [0.25, 0.3) is 22.2 Å². The Morgan fingerprint density at radius 1 is 1.02 bits per heavy atom. The number of hydrogen-bond donors (Lipinski definition) is 1. The van der Waals surface area contributed by atoms with Gasteiger partial charge < -0.3 is 29.0 Å². The van der Waals surface area contributed by atoms with Crippen molar-refractivity contribution in [3.05, 3.63) is 78.0 Å². The van der Waals surface area contributed by atoms with Crippen molar-refractivity contribution in [2.24, 2.45) is 5.92 Å². The second-order valence-corrected chi connectivity index (χ2v) is 20.4. The Kier molecular flexibility index (Phi) is 11.1. The van der Waals surface area contributed by atoms with E-state index in [-0.39, 0.29) is 18.7 Å².